The quantitative estimate of drug-likeness (QED) is 0.0475. The lowest BCUT2D eigenvalue weighted by atomic mass is 9.47. The van der Waals surface area contributed by atoms with Crippen LogP contribution in [-0.2, 0) is 0 Å². The van der Waals surface area contributed by atoms with Gasteiger partial charge in [-0.15, -0.1) is 0 Å². The Morgan fingerprint density at radius 3 is 0.842 bits per heavy atom. The highest BCUT2D eigenvalue weighted by Gasteiger charge is 2.59. The van der Waals surface area contributed by atoms with Crippen molar-refractivity contribution in [1.82, 2.24) is 0 Å². The Labute approximate surface area is 721 Å². The van der Waals surface area contributed by atoms with Crippen molar-refractivity contribution in [3.8, 4) is 0 Å². The molecule has 0 amide bonds. The molecule has 0 radical (unpaired) electrons. The zero-order valence-electron chi connectivity index (χ0n) is 80.5. The second-order valence-electron chi connectivity index (χ2n) is 42.2. The van der Waals surface area contributed by atoms with E-state index >= 15 is 0 Å². The third kappa shape index (κ3) is 47.3. The van der Waals surface area contributed by atoms with Crippen LogP contribution in [0.15, 0.2) is 23.8 Å². The van der Waals surface area contributed by atoms with Gasteiger partial charge in [0.1, 0.15) is 0 Å². The molecule has 1 N–H and O–H groups in total. The summed E-state index contributed by atoms with van der Waals surface area (Å²) >= 11 is 0. The first-order valence-electron chi connectivity index (χ1n) is 55.1. The molecule has 4 rings (SSSR count). The zero-order chi connectivity index (χ0) is 81.5. The maximum atomic E-state index is 10.9. The van der Waals surface area contributed by atoms with E-state index in [2.05, 4.69) is 73.6 Å². The smallest absolute Gasteiger partial charge is 0.0577 e. The highest BCUT2D eigenvalue weighted by molar-refractivity contribution is 5.25. The van der Waals surface area contributed by atoms with Gasteiger partial charge in [-0.3, -0.25) is 0 Å². The lowest BCUT2D eigenvalue weighted by Gasteiger charge is -2.58. The number of rotatable bonds is 87. The third-order valence-electron chi connectivity index (χ3n) is 32.7. The molecule has 1 heteroatoms. The Balaban J connectivity index is 1.62. The van der Waals surface area contributed by atoms with Crippen LogP contribution in [0.2, 0.25) is 0 Å². The zero-order valence-corrected chi connectivity index (χ0v) is 80.5. The first kappa shape index (κ1) is 106. The number of fused-ring (bicyclic) bond motifs is 5. The predicted octanol–water partition coefficient (Wildman–Crippen LogP) is 40.6. The molecule has 4 aliphatic carbocycles. The summed E-state index contributed by atoms with van der Waals surface area (Å²) in [4.78, 5) is 0. The van der Waals surface area contributed by atoms with Gasteiger partial charge in [-0.1, -0.05) is 548 Å². The summed E-state index contributed by atoms with van der Waals surface area (Å²) in [6.07, 6.45) is 140. The minimum atomic E-state index is -0.103. The lowest BCUT2D eigenvalue weighted by Crippen LogP contribution is -2.50. The van der Waals surface area contributed by atoms with Crippen molar-refractivity contribution >= 4 is 0 Å². The van der Waals surface area contributed by atoms with Gasteiger partial charge >= 0.3 is 0 Å². The van der Waals surface area contributed by atoms with Gasteiger partial charge < -0.3 is 5.11 Å². The van der Waals surface area contributed by atoms with Crippen LogP contribution < -0.4 is 0 Å². The molecule has 0 heterocycles. The molecule has 3 saturated carbocycles. The number of aliphatic hydroxyl groups is 1. The van der Waals surface area contributed by atoms with E-state index in [9.17, 15) is 5.11 Å². The molecule has 4 aliphatic rings. The topological polar surface area (TPSA) is 20.2 Å². The van der Waals surface area contributed by atoms with E-state index in [1.54, 1.807) is 44.1 Å². The number of unbranched alkanes of at least 4 members (excludes halogenated alkanes) is 69. The largest absolute Gasteiger partial charge is 0.393 e. The average Bonchev–Trinajstić information content (AvgIpc) is 1.43. The van der Waals surface area contributed by atoms with E-state index in [-0.39, 0.29) is 6.10 Å². The summed E-state index contributed by atoms with van der Waals surface area (Å²) in [5.74, 6) is 4.35. The first-order valence-corrected chi connectivity index (χ1v) is 55.1. The Morgan fingerprint density at radius 2 is 0.561 bits per heavy atom. The van der Waals surface area contributed by atoms with Gasteiger partial charge in [0.2, 0.25) is 0 Å². The molecule has 0 aromatic rings. The minimum Gasteiger partial charge on any atom is -0.393 e. The number of hydrogen-bond acceptors (Lipinski definition) is 1. The second kappa shape index (κ2) is 72.9. The molecule has 114 heavy (non-hydrogen) atoms. The summed E-state index contributed by atoms with van der Waals surface area (Å²) in [5.41, 5.74) is 3.46. The van der Waals surface area contributed by atoms with Crippen LogP contribution in [0.1, 0.15) is 640 Å². The molecule has 0 aliphatic heterocycles. The van der Waals surface area contributed by atoms with E-state index in [1.807, 2.05) is 0 Å². The van der Waals surface area contributed by atoms with Gasteiger partial charge in [0.25, 0.3) is 0 Å². The standard InChI is InChI=1S/C113H216O/c1-9-14-19-24-29-34-39-43-47-50-51-52-53-56-60-65-69-73-78-83-96-112(94-81-76-71-67-63-58-54-48-44-40-35-30-25-20-15-10-2,95-82-77-72-68-64-59-55-49-45-41-36-31-26-21-16-11-3)113(97-84-79-74-66-61-38-33-28-23-18-13-5,98-85-80-75-70-62-57-46-42-37-32-27-22-17-12-4)99-86-87-103(6)107-90-91-108-106-89-88-104-102-105(114)92-100-110(104,7)109(106)93-101-111(107,108)8/h44,48,88,103,105-109,114H,9-43,45-47,49-87,89-102H2,1-8H3/b48-44-/t103-,105+,106+,107-,108+,109+,110+,111-,112?,113?/m1/s1. The predicted molar refractivity (Wildman–Crippen MR) is 516 cm³/mol. The van der Waals surface area contributed by atoms with Crippen molar-refractivity contribution in [1.29, 1.82) is 0 Å². The maximum Gasteiger partial charge on any atom is 0.0577 e. The fraction of sp³-hybridized carbons (Fsp3) is 0.965. The Kier molecular flexibility index (Phi) is 67.6. The number of allylic oxidation sites excluding steroid dienone is 3. The first-order chi connectivity index (χ1) is 56.1. The van der Waals surface area contributed by atoms with E-state index in [4.69, 9.17) is 0 Å². The molecular formula is C113H216O. The van der Waals surface area contributed by atoms with Gasteiger partial charge in [-0.2, -0.15) is 0 Å². The molecular weight excluding hydrogens is 1370 g/mol. The normalized spacial score (nSPS) is 21.7. The van der Waals surface area contributed by atoms with Gasteiger partial charge in [-0.05, 0) is 167 Å². The Morgan fingerprint density at radius 1 is 0.307 bits per heavy atom. The molecule has 0 saturated heterocycles. The second-order valence-corrected chi connectivity index (χ2v) is 42.2. The highest BCUT2D eigenvalue weighted by Crippen LogP contribution is 2.68. The Bertz CT molecular complexity index is 2090. The van der Waals surface area contributed by atoms with E-state index in [0.717, 1.165) is 42.4 Å². The van der Waals surface area contributed by atoms with Crippen LogP contribution in [0.4, 0.5) is 0 Å². The number of hydrogen-bond donors (Lipinski definition) is 1. The van der Waals surface area contributed by atoms with E-state index < -0.39 is 0 Å². The fourth-order valence-corrected chi connectivity index (χ4v) is 25.1. The summed E-state index contributed by atoms with van der Waals surface area (Å²) in [7, 11) is 0. The molecule has 0 aromatic heterocycles. The molecule has 1 nitrogen and oxygen atoms in total. The molecule has 0 bridgehead atoms. The van der Waals surface area contributed by atoms with Crippen LogP contribution in [-0.4, -0.2) is 11.2 Å². The highest BCUT2D eigenvalue weighted by atomic mass is 16.3. The van der Waals surface area contributed by atoms with Crippen molar-refractivity contribution < 1.29 is 5.11 Å². The summed E-state index contributed by atoms with van der Waals surface area (Å²) in [6, 6.07) is 0. The summed E-state index contributed by atoms with van der Waals surface area (Å²) in [6.45, 7) is 20.2. The van der Waals surface area contributed by atoms with Crippen LogP contribution >= 0.6 is 0 Å². The van der Waals surface area contributed by atoms with Crippen LogP contribution in [0.25, 0.3) is 0 Å². The van der Waals surface area contributed by atoms with Crippen molar-refractivity contribution in [2.45, 2.75) is 646 Å². The third-order valence-corrected chi connectivity index (χ3v) is 32.7. The summed E-state index contributed by atoms with van der Waals surface area (Å²) < 4.78 is 0. The lowest BCUT2D eigenvalue weighted by molar-refractivity contribution is -0.0586. The van der Waals surface area contributed by atoms with Crippen molar-refractivity contribution in [3.05, 3.63) is 23.8 Å². The molecule has 674 valence electrons. The van der Waals surface area contributed by atoms with Crippen molar-refractivity contribution in [2.75, 3.05) is 0 Å². The van der Waals surface area contributed by atoms with Gasteiger partial charge in [0, 0.05) is 0 Å². The van der Waals surface area contributed by atoms with Gasteiger partial charge in [0.15, 0.2) is 0 Å². The van der Waals surface area contributed by atoms with Gasteiger partial charge in [-0.25, -0.2) is 0 Å². The molecule has 10 atom stereocenters. The maximum absolute atomic E-state index is 10.9. The SMILES string of the molecule is CCCCCCCC/C=C\CCCCCCCCC(CCCCCCCCCCCCCCCCCC)(CCCCCCCCCCCCCCCCCCCCCC)C(CCCCCCCCCCCCC)(CCCCCCCCCCCCCCCC)CCC[C@@H](C)[C@H]1CC[C@H]2[C@@H]3CC=C4C[C@@H](O)CC[C@]4(C)[C@H]3CC[C@]12C. The van der Waals surface area contributed by atoms with Crippen LogP contribution in [0.3, 0.4) is 0 Å². The van der Waals surface area contributed by atoms with Crippen LogP contribution in [0.5, 0.6) is 0 Å². The van der Waals surface area contributed by atoms with E-state index in [1.165, 1.54) is 533 Å². The molecule has 0 spiro atoms. The molecule has 2 unspecified atom stereocenters. The summed E-state index contributed by atoms with van der Waals surface area (Å²) in [5, 5.41) is 10.9. The minimum absolute atomic E-state index is 0.103. The fourth-order valence-electron chi connectivity index (χ4n) is 25.1. The van der Waals surface area contributed by atoms with Gasteiger partial charge in [0.05, 0.1) is 6.10 Å². The van der Waals surface area contributed by atoms with Crippen molar-refractivity contribution in [3.63, 3.8) is 0 Å². The van der Waals surface area contributed by atoms with Crippen molar-refractivity contribution in [2.24, 2.45) is 51.2 Å². The van der Waals surface area contributed by atoms with Crippen LogP contribution in [0, 0.1) is 51.2 Å². The molecule has 0 aromatic carbocycles. The van der Waals surface area contributed by atoms with E-state index in [0.29, 0.717) is 21.7 Å². The monoisotopic (exact) mass is 1590 g/mol. The average molecular weight is 1590 g/mol. The Hall–Kier alpha value is -0.560. The number of aliphatic hydroxyl groups excluding tert-OH is 1. The molecule has 3 fully saturated rings.